The average molecular weight is 342 g/mol. The van der Waals surface area contributed by atoms with E-state index in [1.165, 1.54) is 5.56 Å². The predicted octanol–water partition coefficient (Wildman–Crippen LogP) is 2.37. The molecule has 4 nitrogen and oxygen atoms in total. The minimum atomic E-state index is 0.466. The van der Waals surface area contributed by atoms with Crippen molar-refractivity contribution in [1.82, 2.24) is 20.1 Å². The zero-order valence-corrected chi connectivity index (χ0v) is 12.0. The molecule has 0 aromatic carbocycles. The maximum absolute atomic E-state index is 4.32. The summed E-state index contributed by atoms with van der Waals surface area (Å²) < 4.78 is 2.99. The van der Waals surface area contributed by atoms with Crippen LogP contribution >= 0.6 is 22.6 Å². The molecule has 0 bridgehead atoms. The fourth-order valence-electron chi connectivity index (χ4n) is 1.52. The van der Waals surface area contributed by atoms with Crippen molar-refractivity contribution in [1.29, 1.82) is 0 Å². The molecule has 0 radical (unpaired) electrons. The number of hydrogen-bond acceptors (Lipinski definition) is 3. The van der Waals surface area contributed by atoms with Crippen molar-refractivity contribution in [3.8, 4) is 5.69 Å². The van der Waals surface area contributed by atoms with Gasteiger partial charge >= 0.3 is 0 Å². The molecule has 2 aromatic rings. The Labute approximate surface area is 115 Å². The van der Waals surface area contributed by atoms with Gasteiger partial charge in [0.05, 0.1) is 21.7 Å². The molecule has 0 amide bonds. The van der Waals surface area contributed by atoms with Gasteiger partial charge in [-0.15, -0.1) is 0 Å². The van der Waals surface area contributed by atoms with Crippen LogP contribution < -0.4 is 5.32 Å². The van der Waals surface area contributed by atoms with Crippen LogP contribution in [0.4, 0.5) is 0 Å². The van der Waals surface area contributed by atoms with E-state index < -0.39 is 0 Å². The molecule has 0 spiro atoms. The zero-order chi connectivity index (χ0) is 12.3. The second-order valence-corrected chi connectivity index (χ2v) is 5.39. The highest BCUT2D eigenvalue weighted by Gasteiger charge is 2.06. The third-order valence-electron chi connectivity index (χ3n) is 2.39. The van der Waals surface area contributed by atoms with E-state index in [1.807, 2.05) is 35.5 Å². The first-order valence-electron chi connectivity index (χ1n) is 5.53. The van der Waals surface area contributed by atoms with E-state index in [9.17, 15) is 0 Å². The van der Waals surface area contributed by atoms with Gasteiger partial charge in [-0.2, -0.15) is 5.10 Å². The Kier molecular flexibility index (Phi) is 4.11. The van der Waals surface area contributed by atoms with Crippen LogP contribution in [0, 0.1) is 3.57 Å². The summed E-state index contributed by atoms with van der Waals surface area (Å²) in [5.74, 6) is 0. The Morgan fingerprint density at radius 3 is 2.88 bits per heavy atom. The maximum atomic E-state index is 4.32. The third kappa shape index (κ3) is 3.26. The molecule has 0 atom stereocenters. The van der Waals surface area contributed by atoms with Crippen LogP contribution in [0.1, 0.15) is 19.4 Å². The molecule has 5 heteroatoms. The van der Waals surface area contributed by atoms with E-state index in [4.69, 9.17) is 0 Å². The molecule has 0 aliphatic rings. The van der Waals surface area contributed by atoms with E-state index in [0.717, 1.165) is 15.8 Å². The molecule has 2 aromatic heterocycles. The average Bonchev–Trinajstić information content (AvgIpc) is 2.73. The smallest absolute Gasteiger partial charge is 0.0874 e. The molecular weight excluding hydrogens is 327 g/mol. The Bertz CT molecular complexity index is 493. The monoisotopic (exact) mass is 342 g/mol. The lowest BCUT2D eigenvalue weighted by Gasteiger charge is -2.11. The highest BCUT2D eigenvalue weighted by atomic mass is 127. The number of nitrogens with one attached hydrogen (secondary N) is 1. The molecule has 1 N–H and O–H groups in total. The van der Waals surface area contributed by atoms with Gasteiger partial charge in [-0.25, -0.2) is 4.68 Å². The lowest BCUT2D eigenvalue weighted by molar-refractivity contribution is 0.586. The molecule has 0 aliphatic carbocycles. The SMILES string of the molecule is CC(C)NCc1ccncc1-n1cc(I)cn1. The van der Waals surface area contributed by atoms with Gasteiger partial charge in [-0.1, -0.05) is 13.8 Å². The van der Waals surface area contributed by atoms with Crippen LogP contribution in [0.15, 0.2) is 30.9 Å². The third-order valence-corrected chi connectivity index (χ3v) is 2.94. The minimum Gasteiger partial charge on any atom is -0.310 e. The molecule has 2 rings (SSSR count). The number of nitrogens with zero attached hydrogens (tertiary/aromatic N) is 3. The summed E-state index contributed by atoms with van der Waals surface area (Å²) in [7, 11) is 0. The molecule has 0 fully saturated rings. The summed E-state index contributed by atoms with van der Waals surface area (Å²) >= 11 is 2.25. The molecule has 2 heterocycles. The van der Waals surface area contributed by atoms with Crippen LogP contribution in [0.5, 0.6) is 0 Å². The first kappa shape index (κ1) is 12.5. The molecule has 0 unspecified atom stereocenters. The van der Waals surface area contributed by atoms with Gasteiger partial charge in [0.25, 0.3) is 0 Å². The molecule has 0 saturated carbocycles. The summed E-state index contributed by atoms with van der Waals surface area (Å²) in [5, 5.41) is 7.72. The fourth-order valence-corrected chi connectivity index (χ4v) is 1.91. The number of pyridine rings is 1. The van der Waals surface area contributed by atoms with Crippen molar-refractivity contribution < 1.29 is 0 Å². The van der Waals surface area contributed by atoms with Crippen molar-refractivity contribution in [3.63, 3.8) is 0 Å². The largest absolute Gasteiger partial charge is 0.310 e. The lowest BCUT2D eigenvalue weighted by atomic mass is 10.2. The molecule has 90 valence electrons. The van der Waals surface area contributed by atoms with Gasteiger partial charge in [0.2, 0.25) is 0 Å². The molecular formula is C12H15IN4. The molecule has 0 saturated heterocycles. The molecule has 0 aliphatic heterocycles. The number of halogens is 1. The predicted molar refractivity (Wildman–Crippen MR) is 76.1 cm³/mol. The van der Waals surface area contributed by atoms with Crippen LogP contribution in [0.25, 0.3) is 5.69 Å². The quantitative estimate of drug-likeness (QED) is 0.868. The van der Waals surface area contributed by atoms with Crippen LogP contribution in [0.2, 0.25) is 0 Å². The Balaban J connectivity index is 2.27. The van der Waals surface area contributed by atoms with Gasteiger partial charge in [0.15, 0.2) is 0 Å². The van der Waals surface area contributed by atoms with E-state index in [0.29, 0.717) is 6.04 Å². The van der Waals surface area contributed by atoms with E-state index in [1.54, 1.807) is 0 Å². The second-order valence-electron chi connectivity index (χ2n) is 4.14. The van der Waals surface area contributed by atoms with Crippen LogP contribution in [-0.4, -0.2) is 20.8 Å². The maximum Gasteiger partial charge on any atom is 0.0874 e. The Morgan fingerprint density at radius 1 is 1.41 bits per heavy atom. The first-order valence-corrected chi connectivity index (χ1v) is 6.61. The van der Waals surface area contributed by atoms with Crippen molar-refractivity contribution >= 4 is 22.6 Å². The summed E-state index contributed by atoms with van der Waals surface area (Å²) in [6, 6.07) is 2.49. The van der Waals surface area contributed by atoms with Crippen molar-refractivity contribution in [2.24, 2.45) is 0 Å². The molecule has 17 heavy (non-hydrogen) atoms. The minimum absolute atomic E-state index is 0.466. The lowest BCUT2D eigenvalue weighted by Crippen LogP contribution is -2.22. The van der Waals surface area contributed by atoms with E-state index in [-0.39, 0.29) is 0 Å². The normalized spacial score (nSPS) is 11.1. The van der Waals surface area contributed by atoms with Gasteiger partial charge in [0, 0.05) is 25.0 Å². The summed E-state index contributed by atoms with van der Waals surface area (Å²) in [6.45, 7) is 5.10. The van der Waals surface area contributed by atoms with Crippen LogP contribution in [0.3, 0.4) is 0 Å². The van der Waals surface area contributed by atoms with E-state index >= 15 is 0 Å². The number of rotatable bonds is 4. The van der Waals surface area contributed by atoms with Crippen molar-refractivity contribution in [3.05, 3.63) is 40.0 Å². The van der Waals surface area contributed by atoms with Crippen LogP contribution in [-0.2, 0) is 6.54 Å². The van der Waals surface area contributed by atoms with E-state index in [2.05, 4.69) is 51.8 Å². The first-order chi connectivity index (χ1) is 8.16. The standard InChI is InChI=1S/C12H15IN4/c1-9(2)15-5-10-3-4-14-7-12(10)17-8-11(13)6-16-17/h3-4,6-9,15H,5H2,1-2H3. The highest BCUT2D eigenvalue weighted by molar-refractivity contribution is 14.1. The van der Waals surface area contributed by atoms with Crippen molar-refractivity contribution in [2.45, 2.75) is 26.4 Å². The topological polar surface area (TPSA) is 42.7 Å². The summed E-state index contributed by atoms with van der Waals surface area (Å²) in [4.78, 5) is 4.17. The Hall–Kier alpha value is -0.950. The van der Waals surface area contributed by atoms with Gasteiger partial charge < -0.3 is 5.32 Å². The van der Waals surface area contributed by atoms with Gasteiger partial charge in [-0.05, 0) is 34.2 Å². The second kappa shape index (κ2) is 5.59. The summed E-state index contributed by atoms with van der Waals surface area (Å²) in [5.41, 5.74) is 2.23. The van der Waals surface area contributed by atoms with Gasteiger partial charge in [-0.3, -0.25) is 4.98 Å². The Morgan fingerprint density at radius 2 is 2.24 bits per heavy atom. The van der Waals surface area contributed by atoms with Gasteiger partial charge in [0.1, 0.15) is 0 Å². The summed E-state index contributed by atoms with van der Waals surface area (Å²) in [6.07, 6.45) is 7.50. The number of aromatic nitrogens is 3. The zero-order valence-electron chi connectivity index (χ0n) is 9.89. The highest BCUT2D eigenvalue weighted by Crippen LogP contribution is 2.14. The fraction of sp³-hybridized carbons (Fsp3) is 0.333. The van der Waals surface area contributed by atoms with Crippen molar-refractivity contribution in [2.75, 3.05) is 0 Å². The number of hydrogen-bond donors (Lipinski definition) is 1.